The molecular weight excluding hydrogens is 440 g/mol. The molecule has 2 unspecified atom stereocenters. The van der Waals surface area contributed by atoms with Gasteiger partial charge in [0.05, 0.1) is 18.8 Å². The summed E-state index contributed by atoms with van der Waals surface area (Å²) in [5.41, 5.74) is 2.49. The van der Waals surface area contributed by atoms with Gasteiger partial charge in [0.2, 0.25) is 0 Å². The Morgan fingerprint density at radius 2 is 1.97 bits per heavy atom. The van der Waals surface area contributed by atoms with Crippen LogP contribution in [0.15, 0.2) is 35.5 Å². The van der Waals surface area contributed by atoms with Crippen molar-refractivity contribution >= 4 is 28.7 Å². The topological polar surface area (TPSA) is 118 Å². The average molecular weight is 471 g/mol. The fraction of sp³-hybridized carbons (Fsp3) is 0.565. The smallest absolute Gasteiger partial charge is 0.191 e. The molecule has 2 aromatic heterocycles. The van der Waals surface area contributed by atoms with Crippen LogP contribution in [-0.4, -0.2) is 72.9 Å². The van der Waals surface area contributed by atoms with E-state index in [4.69, 9.17) is 14.7 Å². The second kappa shape index (κ2) is 9.54. The number of hydrogen-bond donors (Lipinski definition) is 3. The van der Waals surface area contributed by atoms with Crippen LogP contribution in [0.25, 0.3) is 11.2 Å². The van der Waals surface area contributed by atoms with Gasteiger partial charge in [0.15, 0.2) is 22.1 Å². The van der Waals surface area contributed by atoms with Crippen LogP contribution in [0.4, 0.5) is 5.82 Å². The van der Waals surface area contributed by atoms with Crippen LogP contribution in [0.5, 0.6) is 0 Å². The first kappa shape index (κ1) is 22.5. The summed E-state index contributed by atoms with van der Waals surface area (Å²) < 4.78 is 6.88. The van der Waals surface area contributed by atoms with Gasteiger partial charge in [-0.25, -0.2) is 14.6 Å². The molecule has 2 fully saturated rings. The lowest BCUT2D eigenvalue weighted by molar-refractivity contribution is -0.0101. The van der Waals surface area contributed by atoms with Crippen LogP contribution in [-0.2, 0) is 4.74 Å². The van der Waals surface area contributed by atoms with Gasteiger partial charge in [-0.05, 0) is 24.8 Å². The second-order valence-corrected chi connectivity index (χ2v) is 9.97. The molecule has 0 saturated heterocycles. The van der Waals surface area contributed by atoms with Gasteiger partial charge in [-0.3, -0.25) is 0 Å². The lowest BCUT2D eigenvalue weighted by Gasteiger charge is -2.17. The van der Waals surface area contributed by atoms with Crippen molar-refractivity contribution in [3.05, 3.63) is 35.9 Å². The number of nitrogens with one attached hydrogen (secondary N) is 1. The number of aromatic nitrogens is 5. The summed E-state index contributed by atoms with van der Waals surface area (Å²) >= 11 is 1.60. The third-order valence-corrected chi connectivity index (χ3v) is 7.60. The molecule has 1 aromatic carbocycles. The minimum atomic E-state index is -0.959. The Balaban J connectivity index is 1.45. The zero-order valence-corrected chi connectivity index (χ0v) is 19.6. The summed E-state index contributed by atoms with van der Waals surface area (Å²) in [6.07, 6.45) is 0.752. The Labute approximate surface area is 197 Å². The minimum absolute atomic E-state index is 0.166. The number of thioether (sulfide) groups is 1. The first-order valence-electron chi connectivity index (χ1n) is 11.5. The number of rotatable bonds is 9. The van der Waals surface area contributed by atoms with Gasteiger partial charge >= 0.3 is 0 Å². The van der Waals surface area contributed by atoms with E-state index in [-0.39, 0.29) is 12.0 Å². The molecular formula is C23H30N6O3S. The van der Waals surface area contributed by atoms with Gasteiger partial charge in [0.25, 0.3) is 0 Å². The van der Waals surface area contributed by atoms with Crippen molar-refractivity contribution < 1.29 is 14.9 Å². The number of fused-ring (bicyclic) bond motifs is 1. The molecule has 10 heteroatoms. The summed E-state index contributed by atoms with van der Waals surface area (Å²) in [6.45, 7) is 2.50. The van der Waals surface area contributed by atoms with Crippen LogP contribution >= 0.6 is 11.8 Å². The molecule has 176 valence electrons. The molecule has 0 spiro atoms. The number of anilines is 1. The van der Waals surface area contributed by atoms with Crippen LogP contribution < -0.4 is 5.32 Å². The lowest BCUT2D eigenvalue weighted by atomic mass is 10.1. The van der Waals surface area contributed by atoms with Crippen LogP contribution in [0.1, 0.15) is 43.7 Å². The normalized spacial score (nSPS) is 29.0. The molecule has 3 N–H and O–H groups in total. The van der Waals surface area contributed by atoms with Gasteiger partial charge in [-0.2, -0.15) is 0 Å². The van der Waals surface area contributed by atoms with Crippen LogP contribution in [0, 0.1) is 5.92 Å². The molecule has 3 aromatic rings. The average Bonchev–Trinajstić information content (AvgIpc) is 3.39. The van der Waals surface area contributed by atoms with Crippen molar-refractivity contribution in [3.8, 4) is 0 Å². The minimum Gasteiger partial charge on any atom is -0.390 e. The molecule has 0 amide bonds. The standard InChI is InChI=1S/C23H30N6O3S/c1-3-9-33-23-25-21(24-16-11-15(16)13-7-5-4-6-8-13)18-22(26-23)29(28-27-18)17-10-14(12-32-2)19(30)20(17)31/h4-8,14-17,19-20,30-31H,3,9-12H2,1-2H3,(H,24,25,26)/t14-,15?,16?,17-,19-,20+/m1/s1. The first-order valence-corrected chi connectivity index (χ1v) is 12.5. The Hall–Kier alpha value is -2.27. The van der Waals surface area contributed by atoms with Crippen molar-refractivity contribution in [1.82, 2.24) is 25.0 Å². The molecule has 9 nitrogen and oxygen atoms in total. The molecule has 0 bridgehead atoms. The van der Waals surface area contributed by atoms with E-state index in [1.807, 2.05) is 6.07 Å². The summed E-state index contributed by atoms with van der Waals surface area (Å²) in [6, 6.07) is 10.3. The maximum Gasteiger partial charge on any atom is 0.191 e. The quantitative estimate of drug-likeness (QED) is 0.320. The Morgan fingerprint density at radius 1 is 1.15 bits per heavy atom. The fourth-order valence-corrected chi connectivity index (χ4v) is 5.41. The largest absolute Gasteiger partial charge is 0.390 e. The van der Waals surface area contributed by atoms with Crippen molar-refractivity contribution in [1.29, 1.82) is 0 Å². The van der Waals surface area contributed by atoms with E-state index < -0.39 is 18.2 Å². The molecule has 2 heterocycles. The number of ether oxygens (including phenoxy) is 1. The zero-order valence-electron chi connectivity index (χ0n) is 18.8. The van der Waals surface area contributed by atoms with Gasteiger partial charge in [0, 0.05) is 30.7 Å². The van der Waals surface area contributed by atoms with E-state index in [9.17, 15) is 10.2 Å². The summed E-state index contributed by atoms with van der Waals surface area (Å²) in [7, 11) is 1.60. The first-order chi connectivity index (χ1) is 16.1. The second-order valence-electron chi connectivity index (χ2n) is 8.91. The lowest BCUT2D eigenvalue weighted by Crippen LogP contribution is -2.31. The summed E-state index contributed by atoms with van der Waals surface area (Å²) in [4.78, 5) is 9.50. The van der Waals surface area contributed by atoms with Crippen molar-refractivity contribution in [2.75, 3.05) is 24.8 Å². The monoisotopic (exact) mass is 470 g/mol. The van der Waals surface area contributed by atoms with Crippen molar-refractivity contribution in [2.45, 2.75) is 61.6 Å². The number of methoxy groups -OCH3 is 1. The highest BCUT2D eigenvalue weighted by Gasteiger charge is 2.44. The van der Waals surface area contributed by atoms with E-state index in [1.54, 1.807) is 23.6 Å². The molecule has 6 atom stereocenters. The zero-order chi connectivity index (χ0) is 22.9. The predicted molar refractivity (Wildman–Crippen MR) is 126 cm³/mol. The molecule has 2 aliphatic carbocycles. The van der Waals surface area contributed by atoms with Crippen LogP contribution in [0.3, 0.4) is 0 Å². The fourth-order valence-electron chi connectivity index (χ4n) is 4.71. The maximum atomic E-state index is 10.7. The Morgan fingerprint density at radius 3 is 2.73 bits per heavy atom. The molecule has 0 aliphatic heterocycles. The van der Waals surface area contributed by atoms with Gasteiger partial charge in [-0.15, -0.1) is 5.10 Å². The highest BCUT2D eigenvalue weighted by atomic mass is 32.2. The molecule has 2 aliphatic rings. The number of nitrogens with zero attached hydrogens (tertiary/aromatic N) is 5. The maximum absolute atomic E-state index is 10.7. The van der Waals surface area contributed by atoms with Gasteiger partial charge in [-0.1, -0.05) is 54.2 Å². The third kappa shape index (κ3) is 4.44. The van der Waals surface area contributed by atoms with E-state index in [0.717, 1.165) is 18.6 Å². The number of benzene rings is 1. The molecule has 0 radical (unpaired) electrons. The van der Waals surface area contributed by atoms with Gasteiger partial charge < -0.3 is 20.3 Å². The van der Waals surface area contributed by atoms with Crippen LogP contribution in [0.2, 0.25) is 0 Å². The van der Waals surface area contributed by atoms with E-state index in [2.05, 4.69) is 46.8 Å². The van der Waals surface area contributed by atoms with E-state index in [0.29, 0.717) is 41.1 Å². The SMILES string of the molecule is CCCSc1nc(NC2CC2c2ccccc2)c2nnn([C@@H]3C[C@H](COC)[C@@H](O)[C@H]3O)c2n1. The van der Waals surface area contributed by atoms with Gasteiger partial charge in [0.1, 0.15) is 6.10 Å². The number of aliphatic hydroxyl groups excluding tert-OH is 2. The Kier molecular flexibility index (Phi) is 6.51. The molecule has 33 heavy (non-hydrogen) atoms. The van der Waals surface area contributed by atoms with Crippen molar-refractivity contribution in [2.24, 2.45) is 5.92 Å². The highest BCUT2D eigenvalue weighted by molar-refractivity contribution is 7.99. The van der Waals surface area contributed by atoms with Crippen molar-refractivity contribution in [3.63, 3.8) is 0 Å². The predicted octanol–water partition coefficient (Wildman–Crippen LogP) is 2.62. The third-order valence-electron chi connectivity index (χ3n) is 6.54. The summed E-state index contributed by atoms with van der Waals surface area (Å²) in [5.74, 6) is 1.86. The van der Waals surface area contributed by atoms with E-state index in [1.165, 1.54) is 5.56 Å². The highest BCUT2D eigenvalue weighted by Crippen LogP contribution is 2.43. The number of hydrogen-bond acceptors (Lipinski definition) is 9. The summed E-state index contributed by atoms with van der Waals surface area (Å²) in [5, 5.41) is 34.2. The van der Waals surface area contributed by atoms with E-state index >= 15 is 0 Å². The molecule has 5 rings (SSSR count). The Bertz CT molecular complexity index is 1100. The number of aliphatic hydroxyl groups is 2. The molecule has 2 saturated carbocycles.